The summed E-state index contributed by atoms with van der Waals surface area (Å²) in [5.74, 6) is -3.29. The van der Waals surface area contributed by atoms with Crippen molar-refractivity contribution in [2.45, 2.75) is 69.1 Å². The van der Waals surface area contributed by atoms with E-state index in [1.807, 2.05) is 6.07 Å². The molecule has 4 unspecified atom stereocenters. The summed E-state index contributed by atoms with van der Waals surface area (Å²) < 4.78 is 0. The molecule has 0 heterocycles. The van der Waals surface area contributed by atoms with Gasteiger partial charge in [-0.05, 0) is 50.8 Å². The molecule has 0 aliphatic carbocycles. The van der Waals surface area contributed by atoms with Crippen molar-refractivity contribution in [3.8, 4) is 0 Å². The molecule has 0 radical (unpaired) electrons. The molecule has 1 aromatic carbocycles. The molecular weight excluding hydrogens is 468 g/mol. The summed E-state index contributed by atoms with van der Waals surface area (Å²) in [4.78, 5) is 49.9. The fraction of sp³-hybridized carbons (Fsp3) is 0.583. The number of nitrogens with one attached hydrogen (secondary N) is 3. The largest absolute Gasteiger partial charge is 0.480 e. The average molecular weight is 509 g/mol. The number of aliphatic hydroxyl groups is 1. The Morgan fingerprint density at radius 1 is 0.750 bits per heavy atom. The highest BCUT2D eigenvalue weighted by Gasteiger charge is 2.30. The smallest absolute Gasteiger partial charge is 0.328 e. The van der Waals surface area contributed by atoms with Crippen molar-refractivity contribution in [1.82, 2.24) is 16.0 Å². The predicted molar refractivity (Wildman–Crippen MR) is 134 cm³/mol. The standard InChI is InChI=1S/C24H40N6O6/c25-12-6-4-10-17(27)21(32)29-19(14-16-8-2-1-3-9-16)23(34)28-18(11-5-7-13-26)22(33)30-20(15-31)24(35)36/h1-3,8-9,17-20,31H,4-7,10-15,25-27H2,(H,28,34)(H,29,32)(H,30,33)(H,35,36). The molecule has 0 aliphatic heterocycles. The van der Waals surface area contributed by atoms with E-state index in [0.29, 0.717) is 38.8 Å². The van der Waals surface area contributed by atoms with Crippen LogP contribution in [-0.4, -0.2) is 77.8 Å². The SMILES string of the molecule is NCCCCC(N)C(=O)NC(Cc1ccccc1)C(=O)NC(CCCCN)C(=O)NC(CO)C(=O)O. The summed E-state index contributed by atoms with van der Waals surface area (Å²) in [7, 11) is 0. The van der Waals surface area contributed by atoms with Crippen LogP contribution < -0.4 is 33.2 Å². The van der Waals surface area contributed by atoms with Gasteiger partial charge in [0.15, 0.2) is 0 Å². The van der Waals surface area contributed by atoms with Gasteiger partial charge in [0.1, 0.15) is 18.1 Å². The number of aliphatic hydroxyl groups excluding tert-OH is 1. The van der Waals surface area contributed by atoms with Crippen LogP contribution in [0.15, 0.2) is 30.3 Å². The second kappa shape index (κ2) is 17.4. The molecule has 12 heteroatoms. The van der Waals surface area contributed by atoms with Gasteiger partial charge in [-0.15, -0.1) is 0 Å². The molecule has 0 aliphatic rings. The zero-order valence-electron chi connectivity index (χ0n) is 20.5. The summed E-state index contributed by atoms with van der Waals surface area (Å²) in [6.45, 7) is 0.0602. The van der Waals surface area contributed by atoms with E-state index in [1.165, 1.54) is 0 Å². The first kappa shape index (κ1) is 31.0. The molecule has 1 rings (SSSR count). The summed E-state index contributed by atoms with van der Waals surface area (Å²) in [6, 6.07) is 4.57. The van der Waals surface area contributed by atoms with Crippen LogP contribution in [0.25, 0.3) is 0 Å². The van der Waals surface area contributed by atoms with Crippen molar-refractivity contribution in [1.29, 1.82) is 0 Å². The van der Waals surface area contributed by atoms with Gasteiger partial charge in [-0.1, -0.05) is 36.8 Å². The Bertz CT molecular complexity index is 825. The number of unbranched alkanes of at least 4 members (excludes halogenated alkanes) is 2. The van der Waals surface area contributed by atoms with Crippen molar-refractivity contribution >= 4 is 23.7 Å². The van der Waals surface area contributed by atoms with E-state index in [2.05, 4.69) is 16.0 Å². The molecule has 202 valence electrons. The Kier molecular flexibility index (Phi) is 15.0. The molecule has 0 fully saturated rings. The molecule has 12 nitrogen and oxygen atoms in total. The number of hydrogen-bond acceptors (Lipinski definition) is 8. The number of nitrogens with two attached hydrogens (primary N) is 3. The number of carbonyl (C=O) groups is 4. The number of hydrogen-bond donors (Lipinski definition) is 8. The zero-order valence-corrected chi connectivity index (χ0v) is 20.5. The number of rotatable bonds is 18. The third-order valence-corrected chi connectivity index (χ3v) is 5.60. The number of aliphatic carboxylic acids is 1. The van der Waals surface area contributed by atoms with Crippen LogP contribution in [0.1, 0.15) is 44.1 Å². The molecule has 11 N–H and O–H groups in total. The van der Waals surface area contributed by atoms with Gasteiger partial charge in [-0.3, -0.25) is 14.4 Å². The van der Waals surface area contributed by atoms with Gasteiger partial charge < -0.3 is 43.4 Å². The van der Waals surface area contributed by atoms with Crippen LogP contribution in [0.4, 0.5) is 0 Å². The highest BCUT2D eigenvalue weighted by atomic mass is 16.4. The molecule has 0 aromatic heterocycles. The lowest BCUT2D eigenvalue weighted by Crippen LogP contribution is -2.58. The fourth-order valence-corrected chi connectivity index (χ4v) is 3.47. The molecule has 0 bridgehead atoms. The minimum absolute atomic E-state index is 0.152. The molecule has 0 spiro atoms. The monoisotopic (exact) mass is 508 g/mol. The minimum Gasteiger partial charge on any atom is -0.480 e. The number of carboxylic acids is 1. The summed E-state index contributed by atoms with van der Waals surface area (Å²) in [6.07, 6.45) is 3.22. The van der Waals surface area contributed by atoms with Crippen LogP contribution in [-0.2, 0) is 25.6 Å². The maximum atomic E-state index is 13.2. The topological polar surface area (TPSA) is 223 Å². The van der Waals surface area contributed by atoms with Gasteiger partial charge in [0.2, 0.25) is 17.7 Å². The summed E-state index contributed by atoms with van der Waals surface area (Å²) in [5.41, 5.74) is 17.8. The highest BCUT2D eigenvalue weighted by Crippen LogP contribution is 2.08. The molecule has 3 amide bonds. The van der Waals surface area contributed by atoms with Gasteiger partial charge in [0.05, 0.1) is 12.6 Å². The predicted octanol–water partition coefficient (Wildman–Crippen LogP) is -1.65. The van der Waals surface area contributed by atoms with Crippen LogP contribution in [0.5, 0.6) is 0 Å². The van der Waals surface area contributed by atoms with Crippen molar-refractivity contribution < 1.29 is 29.4 Å². The molecule has 36 heavy (non-hydrogen) atoms. The van der Waals surface area contributed by atoms with Crippen LogP contribution >= 0.6 is 0 Å². The quantitative estimate of drug-likeness (QED) is 0.106. The van der Waals surface area contributed by atoms with E-state index < -0.39 is 54.5 Å². The van der Waals surface area contributed by atoms with Crippen LogP contribution in [0.3, 0.4) is 0 Å². The van der Waals surface area contributed by atoms with Crippen LogP contribution in [0.2, 0.25) is 0 Å². The maximum Gasteiger partial charge on any atom is 0.328 e. The van der Waals surface area contributed by atoms with E-state index in [-0.39, 0.29) is 12.8 Å². The van der Waals surface area contributed by atoms with E-state index >= 15 is 0 Å². The Hall–Kier alpha value is -3.06. The van der Waals surface area contributed by atoms with E-state index in [4.69, 9.17) is 22.3 Å². The van der Waals surface area contributed by atoms with Gasteiger partial charge in [-0.25, -0.2) is 4.79 Å². The summed E-state index contributed by atoms with van der Waals surface area (Å²) in [5, 5.41) is 25.9. The first-order chi connectivity index (χ1) is 17.2. The Morgan fingerprint density at radius 2 is 1.28 bits per heavy atom. The fourth-order valence-electron chi connectivity index (χ4n) is 3.47. The molecule has 0 saturated carbocycles. The highest BCUT2D eigenvalue weighted by molar-refractivity contribution is 5.94. The van der Waals surface area contributed by atoms with Crippen molar-refractivity contribution in [3.63, 3.8) is 0 Å². The Labute approximate surface area is 211 Å². The third kappa shape index (κ3) is 11.6. The van der Waals surface area contributed by atoms with Crippen molar-refractivity contribution in [2.75, 3.05) is 19.7 Å². The van der Waals surface area contributed by atoms with Crippen LogP contribution in [0, 0.1) is 0 Å². The van der Waals surface area contributed by atoms with Gasteiger partial charge in [0, 0.05) is 6.42 Å². The third-order valence-electron chi connectivity index (χ3n) is 5.60. The first-order valence-corrected chi connectivity index (χ1v) is 12.2. The second-order valence-electron chi connectivity index (χ2n) is 8.57. The molecule has 1 aromatic rings. The normalized spacial score (nSPS) is 14.2. The number of carboxylic acid groups (broad SMARTS) is 1. The van der Waals surface area contributed by atoms with E-state index in [0.717, 1.165) is 12.0 Å². The zero-order chi connectivity index (χ0) is 26.9. The lowest BCUT2D eigenvalue weighted by molar-refractivity contribution is -0.143. The average Bonchev–Trinajstić information content (AvgIpc) is 2.86. The minimum atomic E-state index is -1.52. The van der Waals surface area contributed by atoms with Gasteiger partial charge in [0.25, 0.3) is 0 Å². The van der Waals surface area contributed by atoms with Crippen molar-refractivity contribution in [2.24, 2.45) is 17.2 Å². The van der Waals surface area contributed by atoms with Crippen molar-refractivity contribution in [3.05, 3.63) is 35.9 Å². The Balaban J connectivity index is 3.02. The first-order valence-electron chi connectivity index (χ1n) is 12.2. The number of benzene rings is 1. The molecular formula is C24H40N6O6. The lowest BCUT2D eigenvalue weighted by atomic mass is 10.0. The number of amides is 3. The lowest BCUT2D eigenvalue weighted by Gasteiger charge is -2.25. The molecule has 0 saturated heterocycles. The van der Waals surface area contributed by atoms with Gasteiger partial charge in [-0.2, -0.15) is 0 Å². The van der Waals surface area contributed by atoms with E-state index in [1.54, 1.807) is 24.3 Å². The second-order valence-corrected chi connectivity index (χ2v) is 8.57. The molecule has 4 atom stereocenters. The van der Waals surface area contributed by atoms with E-state index in [9.17, 15) is 24.3 Å². The number of carbonyl (C=O) groups excluding carboxylic acids is 3. The maximum absolute atomic E-state index is 13.2. The van der Waals surface area contributed by atoms with Gasteiger partial charge >= 0.3 is 5.97 Å². The Morgan fingerprint density at radius 3 is 1.83 bits per heavy atom. The summed E-state index contributed by atoms with van der Waals surface area (Å²) >= 11 is 0.